The van der Waals surface area contributed by atoms with Gasteiger partial charge in [-0.05, 0) is 31.3 Å². The van der Waals surface area contributed by atoms with Crippen LogP contribution in [0.25, 0.3) is 5.57 Å². The molecule has 0 aliphatic heterocycles. The van der Waals surface area contributed by atoms with E-state index in [1.165, 1.54) is 22.5 Å². The Morgan fingerprint density at radius 1 is 1.59 bits per heavy atom. The maximum atomic E-state index is 5.34. The molecule has 1 aromatic rings. The highest BCUT2D eigenvalue weighted by Gasteiger charge is 2.23. The van der Waals surface area contributed by atoms with E-state index in [1.54, 1.807) is 0 Å². The molecule has 0 spiro atoms. The predicted octanol–water partition coefficient (Wildman–Crippen LogP) is 2.28. The molecule has 0 fully saturated rings. The molecule has 86 valence electrons. The Hall–Kier alpha value is -1.55. The highest BCUT2D eigenvalue weighted by molar-refractivity contribution is 7.10. The Kier molecular flexibility index (Phi) is 3.64. The molecule has 1 atom stereocenters. The molecule has 1 aliphatic carbocycles. The monoisotopic (exact) mass is 242 g/mol. The van der Waals surface area contributed by atoms with Crippen molar-refractivity contribution < 1.29 is 0 Å². The van der Waals surface area contributed by atoms with Crippen LogP contribution in [0.5, 0.6) is 0 Å². The first-order valence-corrected chi connectivity index (χ1v) is 6.43. The standard InChI is InChI=1S/C14H14N2S/c1-4-8-15-12-7-6-11(10(12)3)13-9-17-14(5-2)16-13/h1-2,9,12,15H,6-8H2,3H3. The van der Waals surface area contributed by atoms with Gasteiger partial charge < -0.3 is 0 Å². The smallest absolute Gasteiger partial charge is 0.167 e. The third-order valence-corrected chi connectivity index (χ3v) is 3.84. The lowest BCUT2D eigenvalue weighted by Gasteiger charge is -2.11. The average molecular weight is 242 g/mol. The summed E-state index contributed by atoms with van der Waals surface area (Å²) >= 11 is 1.52. The van der Waals surface area contributed by atoms with Crippen LogP contribution in [0.3, 0.4) is 0 Å². The fourth-order valence-corrected chi connectivity index (χ4v) is 2.80. The van der Waals surface area contributed by atoms with Crippen molar-refractivity contribution in [3.63, 3.8) is 0 Å². The van der Waals surface area contributed by atoms with Crippen molar-refractivity contribution in [1.82, 2.24) is 10.3 Å². The predicted molar refractivity (Wildman–Crippen MR) is 72.5 cm³/mol. The van der Waals surface area contributed by atoms with E-state index in [2.05, 4.69) is 29.1 Å². The van der Waals surface area contributed by atoms with Crippen molar-refractivity contribution in [1.29, 1.82) is 0 Å². The number of nitrogens with zero attached hydrogens (tertiary/aromatic N) is 1. The molecule has 2 nitrogen and oxygen atoms in total. The first kappa shape index (κ1) is 11.9. The largest absolute Gasteiger partial charge is 0.300 e. The molecule has 0 aromatic carbocycles. The molecule has 1 heterocycles. The summed E-state index contributed by atoms with van der Waals surface area (Å²) in [4.78, 5) is 4.43. The van der Waals surface area contributed by atoms with Crippen LogP contribution in [0.4, 0.5) is 0 Å². The van der Waals surface area contributed by atoms with Gasteiger partial charge in [0.25, 0.3) is 0 Å². The van der Waals surface area contributed by atoms with Gasteiger partial charge in [0.1, 0.15) is 0 Å². The van der Waals surface area contributed by atoms with Crippen LogP contribution < -0.4 is 5.32 Å². The van der Waals surface area contributed by atoms with E-state index < -0.39 is 0 Å². The van der Waals surface area contributed by atoms with Crippen LogP contribution in [-0.4, -0.2) is 17.6 Å². The quantitative estimate of drug-likeness (QED) is 0.823. The van der Waals surface area contributed by atoms with Crippen LogP contribution in [0, 0.1) is 24.7 Å². The molecule has 1 unspecified atom stereocenters. The summed E-state index contributed by atoms with van der Waals surface area (Å²) in [6.07, 6.45) is 12.7. The van der Waals surface area contributed by atoms with Crippen molar-refractivity contribution in [3.8, 4) is 24.7 Å². The molecule has 1 aliphatic rings. The van der Waals surface area contributed by atoms with E-state index in [4.69, 9.17) is 12.8 Å². The van der Waals surface area contributed by atoms with Crippen molar-refractivity contribution in [2.75, 3.05) is 6.54 Å². The van der Waals surface area contributed by atoms with Crippen molar-refractivity contribution in [2.45, 2.75) is 25.8 Å². The average Bonchev–Trinajstić information content (AvgIpc) is 2.93. The van der Waals surface area contributed by atoms with Gasteiger partial charge in [0, 0.05) is 11.4 Å². The minimum absolute atomic E-state index is 0.386. The number of thiazole rings is 1. The Bertz CT molecular complexity index is 525. The summed E-state index contributed by atoms with van der Waals surface area (Å²) < 4.78 is 0. The number of hydrogen-bond donors (Lipinski definition) is 1. The zero-order valence-electron chi connectivity index (χ0n) is 9.79. The molecule has 2 rings (SSSR count). The fraction of sp³-hybridized carbons (Fsp3) is 0.357. The zero-order valence-corrected chi connectivity index (χ0v) is 10.6. The molecule has 0 bridgehead atoms. The summed E-state index contributed by atoms with van der Waals surface area (Å²) in [5.74, 6) is 5.18. The maximum Gasteiger partial charge on any atom is 0.167 e. The Morgan fingerprint density at radius 2 is 2.41 bits per heavy atom. The van der Waals surface area contributed by atoms with Gasteiger partial charge in [-0.1, -0.05) is 11.5 Å². The Balaban J connectivity index is 2.19. The summed E-state index contributed by atoms with van der Waals surface area (Å²) in [6.45, 7) is 2.76. The minimum Gasteiger partial charge on any atom is -0.300 e. The van der Waals surface area contributed by atoms with Gasteiger partial charge in [-0.3, -0.25) is 5.32 Å². The van der Waals surface area contributed by atoms with Crippen LogP contribution in [0.2, 0.25) is 0 Å². The first-order valence-electron chi connectivity index (χ1n) is 5.55. The number of allylic oxidation sites excluding steroid dienone is 1. The van der Waals surface area contributed by atoms with Crippen molar-refractivity contribution in [3.05, 3.63) is 21.7 Å². The lowest BCUT2D eigenvalue weighted by Crippen LogP contribution is -2.28. The maximum absolute atomic E-state index is 5.34. The van der Waals surface area contributed by atoms with Crippen LogP contribution in [0.1, 0.15) is 30.5 Å². The summed E-state index contributed by atoms with van der Waals surface area (Å²) in [5.41, 5.74) is 3.69. The van der Waals surface area contributed by atoms with Crippen LogP contribution in [0.15, 0.2) is 11.0 Å². The minimum atomic E-state index is 0.386. The van der Waals surface area contributed by atoms with Gasteiger partial charge in [0.2, 0.25) is 0 Å². The van der Waals surface area contributed by atoms with Gasteiger partial charge in [-0.25, -0.2) is 4.98 Å². The molecule has 0 amide bonds. The normalized spacial score (nSPS) is 19.1. The van der Waals surface area contributed by atoms with Gasteiger partial charge in [0.05, 0.1) is 12.2 Å². The Morgan fingerprint density at radius 3 is 3.06 bits per heavy atom. The fourth-order valence-electron chi connectivity index (χ4n) is 2.16. The third-order valence-electron chi connectivity index (χ3n) is 3.07. The van der Waals surface area contributed by atoms with Crippen molar-refractivity contribution in [2.24, 2.45) is 0 Å². The molecule has 1 aromatic heterocycles. The number of nitrogens with one attached hydrogen (secondary N) is 1. The highest BCUT2D eigenvalue weighted by atomic mass is 32.1. The number of rotatable bonds is 3. The number of aromatic nitrogens is 1. The lowest BCUT2D eigenvalue weighted by molar-refractivity contribution is 0.605. The second-order valence-corrected chi connectivity index (χ2v) is 4.88. The molecule has 0 saturated carbocycles. The van der Waals surface area contributed by atoms with Gasteiger partial charge in [0.15, 0.2) is 5.01 Å². The molecule has 17 heavy (non-hydrogen) atoms. The highest BCUT2D eigenvalue weighted by Crippen LogP contribution is 2.34. The SMILES string of the molecule is C#CCNC1CCC(c2csc(C#C)n2)=C1C. The first-order chi connectivity index (χ1) is 8.26. The van der Waals surface area contributed by atoms with Crippen molar-refractivity contribution >= 4 is 16.9 Å². The zero-order chi connectivity index (χ0) is 12.3. The number of terminal acetylenes is 2. The van der Waals surface area contributed by atoms with E-state index in [0.29, 0.717) is 12.6 Å². The van der Waals surface area contributed by atoms with E-state index in [-0.39, 0.29) is 0 Å². The third kappa shape index (κ3) is 2.42. The van der Waals surface area contributed by atoms with Gasteiger partial charge in [-0.2, -0.15) is 0 Å². The van der Waals surface area contributed by atoms with E-state index in [0.717, 1.165) is 23.5 Å². The topological polar surface area (TPSA) is 24.9 Å². The van der Waals surface area contributed by atoms with Gasteiger partial charge in [-0.15, -0.1) is 24.2 Å². The van der Waals surface area contributed by atoms with Crippen LogP contribution >= 0.6 is 11.3 Å². The van der Waals surface area contributed by atoms with Gasteiger partial charge >= 0.3 is 0 Å². The second kappa shape index (κ2) is 5.19. The summed E-state index contributed by atoms with van der Waals surface area (Å²) in [6, 6.07) is 0.386. The lowest BCUT2D eigenvalue weighted by atomic mass is 10.1. The molecule has 0 radical (unpaired) electrons. The molecule has 3 heteroatoms. The molecule has 1 N–H and O–H groups in total. The molecule has 0 saturated heterocycles. The second-order valence-electron chi connectivity index (χ2n) is 4.02. The van der Waals surface area contributed by atoms with E-state index in [9.17, 15) is 0 Å². The van der Waals surface area contributed by atoms with E-state index in [1.807, 2.05) is 5.38 Å². The molecular formula is C14H14N2S. The van der Waals surface area contributed by atoms with E-state index >= 15 is 0 Å². The Labute approximate surface area is 106 Å². The number of hydrogen-bond acceptors (Lipinski definition) is 3. The molecular weight excluding hydrogens is 228 g/mol. The summed E-state index contributed by atoms with van der Waals surface area (Å²) in [5, 5.41) is 6.13. The summed E-state index contributed by atoms with van der Waals surface area (Å²) in [7, 11) is 0. The van der Waals surface area contributed by atoms with Crippen LogP contribution in [-0.2, 0) is 0 Å².